The molecule has 0 fully saturated rings. The van der Waals surface area contributed by atoms with Crippen molar-refractivity contribution in [3.05, 3.63) is 131 Å². The fourth-order valence-electron chi connectivity index (χ4n) is 3.75. The highest BCUT2D eigenvalue weighted by Crippen LogP contribution is 2.31. The van der Waals surface area contributed by atoms with Crippen LogP contribution in [0.1, 0.15) is 42.6 Å². The van der Waals surface area contributed by atoms with Crippen LogP contribution in [0, 0.1) is 17.2 Å². The standard InChI is InChI=1S/C25H22ClNO3.C7H7Cl/c1-17(2)24(18-11-13-20(26)14-12-18)25(28)30-23(16-27)19-7-6-10-22(15-19)29-21-8-4-3-5-9-21;8-6-7-4-2-1-3-5-7/h3-15,17,23-24H,1-2H3;1-5H,6H2. The van der Waals surface area contributed by atoms with Crippen LogP contribution in [0.3, 0.4) is 0 Å². The third kappa shape index (κ3) is 8.66. The highest BCUT2D eigenvalue weighted by molar-refractivity contribution is 6.30. The Morgan fingerprint density at radius 3 is 1.97 bits per heavy atom. The first-order valence-electron chi connectivity index (χ1n) is 12.2. The highest BCUT2D eigenvalue weighted by atomic mass is 35.5. The van der Waals surface area contributed by atoms with Crippen molar-refractivity contribution in [1.82, 2.24) is 0 Å². The van der Waals surface area contributed by atoms with Gasteiger partial charge in [-0.1, -0.05) is 98.2 Å². The molecule has 0 heterocycles. The van der Waals surface area contributed by atoms with Crippen molar-refractivity contribution < 1.29 is 14.3 Å². The van der Waals surface area contributed by atoms with Crippen molar-refractivity contribution in [3.63, 3.8) is 0 Å². The van der Waals surface area contributed by atoms with Crippen LogP contribution in [0.25, 0.3) is 0 Å². The van der Waals surface area contributed by atoms with E-state index in [0.29, 0.717) is 28.0 Å². The first-order valence-corrected chi connectivity index (χ1v) is 13.1. The number of nitrogens with zero attached hydrogens (tertiary/aromatic N) is 1. The van der Waals surface area contributed by atoms with E-state index >= 15 is 0 Å². The van der Waals surface area contributed by atoms with Gasteiger partial charge in [-0.2, -0.15) is 5.26 Å². The number of rotatable bonds is 8. The molecule has 0 aliphatic heterocycles. The third-order valence-electron chi connectivity index (χ3n) is 5.64. The lowest BCUT2D eigenvalue weighted by molar-refractivity contribution is -0.150. The fourth-order valence-corrected chi connectivity index (χ4v) is 4.06. The molecule has 4 nitrogen and oxygen atoms in total. The summed E-state index contributed by atoms with van der Waals surface area (Å²) >= 11 is 11.5. The largest absolute Gasteiger partial charge is 0.457 e. The van der Waals surface area contributed by atoms with Crippen molar-refractivity contribution in [2.75, 3.05) is 0 Å². The second-order valence-electron chi connectivity index (χ2n) is 8.83. The highest BCUT2D eigenvalue weighted by Gasteiger charge is 2.29. The molecule has 4 rings (SSSR count). The van der Waals surface area contributed by atoms with E-state index in [2.05, 4.69) is 6.07 Å². The molecule has 2 atom stereocenters. The van der Waals surface area contributed by atoms with Gasteiger partial charge in [0.15, 0.2) is 0 Å². The van der Waals surface area contributed by atoms with Gasteiger partial charge < -0.3 is 9.47 Å². The average molecular weight is 546 g/mol. The Bertz CT molecular complexity index is 1320. The summed E-state index contributed by atoms with van der Waals surface area (Å²) in [5.74, 6) is 0.901. The first kappa shape index (κ1) is 28.8. The lowest BCUT2D eigenvalue weighted by atomic mass is 9.88. The summed E-state index contributed by atoms with van der Waals surface area (Å²) in [5, 5.41) is 10.2. The molecule has 0 saturated heterocycles. The number of para-hydroxylation sites is 1. The molecule has 0 aromatic heterocycles. The number of alkyl halides is 1. The van der Waals surface area contributed by atoms with E-state index in [1.165, 1.54) is 5.56 Å². The number of carbonyl (C=O) groups is 1. The van der Waals surface area contributed by atoms with E-state index in [4.69, 9.17) is 32.7 Å². The van der Waals surface area contributed by atoms with Crippen LogP contribution in [0.4, 0.5) is 0 Å². The van der Waals surface area contributed by atoms with Gasteiger partial charge in [0.05, 0.1) is 5.92 Å². The van der Waals surface area contributed by atoms with Gasteiger partial charge in [0, 0.05) is 16.5 Å². The van der Waals surface area contributed by atoms with E-state index in [-0.39, 0.29) is 5.92 Å². The molecule has 0 radical (unpaired) electrons. The van der Waals surface area contributed by atoms with Gasteiger partial charge in [0.1, 0.15) is 17.6 Å². The molecule has 2 unspecified atom stereocenters. The lowest BCUT2D eigenvalue weighted by Gasteiger charge is -2.22. The molecule has 4 aromatic carbocycles. The van der Waals surface area contributed by atoms with Crippen molar-refractivity contribution in [1.29, 1.82) is 5.26 Å². The van der Waals surface area contributed by atoms with Crippen LogP contribution in [-0.4, -0.2) is 5.97 Å². The van der Waals surface area contributed by atoms with Crippen LogP contribution in [0.5, 0.6) is 11.5 Å². The van der Waals surface area contributed by atoms with Gasteiger partial charge in [0.25, 0.3) is 0 Å². The van der Waals surface area contributed by atoms with Crippen LogP contribution in [0.15, 0.2) is 109 Å². The topological polar surface area (TPSA) is 59.3 Å². The Hall–Kier alpha value is -3.78. The Balaban J connectivity index is 0.000000427. The molecule has 0 bridgehead atoms. The molecule has 0 spiro atoms. The number of hydrogen-bond acceptors (Lipinski definition) is 4. The van der Waals surface area contributed by atoms with Gasteiger partial charge in [-0.3, -0.25) is 4.79 Å². The first-order chi connectivity index (χ1) is 18.4. The summed E-state index contributed by atoms with van der Waals surface area (Å²) in [5.41, 5.74) is 2.53. The van der Waals surface area contributed by atoms with Crippen LogP contribution < -0.4 is 4.74 Å². The third-order valence-corrected chi connectivity index (χ3v) is 6.20. The number of hydrogen-bond donors (Lipinski definition) is 0. The normalized spacial score (nSPS) is 11.9. The summed E-state index contributed by atoms with van der Waals surface area (Å²) in [6, 6.07) is 35.5. The number of carbonyl (C=O) groups excluding carboxylic acids is 1. The minimum absolute atomic E-state index is 0.00855. The van der Waals surface area contributed by atoms with Crippen LogP contribution in [0.2, 0.25) is 5.02 Å². The second-order valence-corrected chi connectivity index (χ2v) is 9.53. The number of halogens is 2. The summed E-state index contributed by atoms with van der Waals surface area (Å²) in [4.78, 5) is 13.0. The Kier molecular flexibility index (Phi) is 11.2. The molecule has 0 N–H and O–H groups in total. The summed E-state index contributed by atoms with van der Waals surface area (Å²) < 4.78 is 11.4. The second kappa shape index (κ2) is 14.8. The van der Waals surface area contributed by atoms with Gasteiger partial charge >= 0.3 is 5.97 Å². The number of esters is 1. The molecule has 0 aliphatic rings. The molecule has 38 heavy (non-hydrogen) atoms. The number of benzene rings is 4. The average Bonchev–Trinajstić information content (AvgIpc) is 2.94. The maximum atomic E-state index is 13.0. The Morgan fingerprint density at radius 2 is 1.42 bits per heavy atom. The van der Waals surface area contributed by atoms with Crippen LogP contribution >= 0.6 is 23.2 Å². The van der Waals surface area contributed by atoms with Crippen LogP contribution in [-0.2, 0) is 15.4 Å². The molecule has 0 amide bonds. The van der Waals surface area contributed by atoms with Crippen molar-refractivity contribution >= 4 is 29.2 Å². The minimum Gasteiger partial charge on any atom is -0.457 e. The van der Waals surface area contributed by atoms with Crippen molar-refractivity contribution in [3.8, 4) is 17.6 Å². The number of ether oxygens (including phenoxy) is 2. The lowest BCUT2D eigenvalue weighted by Crippen LogP contribution is -2.22. The molecular weight excluding hydrogens is 517 g/mol. The van der Waals surface area contributed by atoms with E-state index in [1.807, 2.05) is 86.6 Å². The summed E-state index contributed by atoms with van der Waals surface area (Å²) in [6.07, 6.45) is -1.04. The maximum Gasteiger partial charge on any atom is 0.315 e. The minimum atomic E-state index is -1.04. The van der Waals surface area contributed by atoms with E-state index in [9.17, 15) is 10.1 Å². The molecule has 0 saturated carbocycles. The van der Waals surface area contributed by atoms with E-state index < -0.39 is 18.0 Å². The van der Waals surface area contributed by atoms with Gasteiger partial charge in [-0.15, -0.1) is 11.6 Å². The predicted molar refractivity (Wildman–Crippen MR) is 152 cm³/mol. The van der Waals surface area contributed by atoms with E-state index in [1.54, 1.807) is 36.4 Å². The zero-order valence-corrected chi connectivity index (χ0v) is 22.8. The SMILES string of the molecule is CC(C)C(C(=O)OC(C#N)c1cccc(Oc2ccccc2)c1)c1ccc(Cl)cc1.ClCc1ccccc1. The monoisotopic (exact) mass is 545 g/mol. The quantitative estimate of drug-likeness (QED) is 0.163. The van der Waals surface area contributed by atoms with Gasteiger partial charge in [-0.05, 0) is 53.4 Å². The fraction of sp³-hybridized carbons (Fsp3) is 0.188. The zero-order valence-electron chi connectivity index (χ0n) is 21.3. The van der Waals surface area contributed by atoms with Crippen molar-refractivity contribution in [2.45, 2.75) is 31.7 Å². The molecule has 6 heteroatoms. The summed E-state index contributed by atoms with van der Waals surface area (Å²) in [7, 11) is 0. The smallest absolute Gasteiger partial charge is 0.315 e. The Morgan fingerprint density at radius 1 is 0.816 bits per heavy atom. The van der Waals surface area contributed by atoms with Crippen molar-refractivity contribution in [2.24, 2.45) is 5.92 Å². The van der Waals surface area contributed by atoms with Gasteiger partial charge in [-0.25, -0.2) is 0 Å². The predicted octanol–water partition coefficient (Wildman–Crippen LogP) is 9.11. The maximum absolute atomic E-state index is 13.0. The molecular formula is C32H29Cl2NO3. The van der Waals surface area contributed by atoms with E-state index in [0.717, 1.165) is 5.56 Å². The zero-order chi connectivity index (χ0) is 27.3. The molecule has 0 aliphatic carbocycles. The van der Waals surface area contributed by atoms with Gasteiger partial charge in [0.2, 0.25) is 6.10 Å². The summed E-state index contributed by atoms with van der Waals surface area (Å²) in [6.45, 7) is 3.88. The number of nitriles is 1. The molecule has 194 valence electrons. The molecule has 4 aromatic rings. The Labute approximate surface area is 234 Å².